The molecular weight excluding hydrogens is 500 g/mol. The maximum absolute atomic E-state index is 9.96. The molecule has 0 spiro atoms. The molecule has 4 fully saturated rings. The molecule has 1 aromatic rings. The van der Waals surface area contributed by atoms with Gasteiger partial charge in [-0.15, -0.1) is 6.42 Å². The molecule has 4 saturated carbocycles. The predicted molar refractivity (Wildman–Crippen MR) is 177 cm³/mol. The lowest BCUT2D eigenvalue weighted by molar-refractivity contribution is -0.171. The molecule has 234 valence electrons. The number of nitrogens with zero attached hydrogens (tertiary/aromatic N) is 2. The average Bonchev–Trinajstić information content (AvgIpc) is 3.37. The summed E-state index contributed by atoms with van der Waals surface area (Å²) in [5.74, 6) is 7.36. The Kier molecular flexibility index (Phi) is 14.2. The summed E-state index contributed by atoms with van der Waals surface area (Å²) in [7, 11) is 0. The Bertz CT molecular complexity index is 940. The van der Waals surface area contributed by atoms with Crippen molar-refractivity contribution in [2.45, 2.75) is 159 Å². The van der Waals surface area contributed by atoms with E-state index < -0.39 is 0 Å². The first-order valence-corrected chi connectivity index (χ1v) is 17.5. The summed E-state index contributed by atoms with van der Waals surface area (Å²) >= 11 is 0. The minimum Gasteiger partial charge on any atom is -0.301 e. The maximum atomic E-state index is 9.96. The van der Waals surface area contributed by atoms with Crippen molar-refractivity contribution in [3.8, 4) is 12.3 Å². The van der Waals surface area contributed by atoms with Gasteiger partial charge in [0.05, 0.1) is 18.3 Å². The summed E-state index contributed by atoms with van der Waals surface area (Å²) in [6.07, 6.45) is 30.0. The van der Waals surface area contributed by atoms with E-state index in [0.717, 1.165) is 35.9 Å². The van der Waals surface area contributed by atoms with Gasteiger partial charge in [0, 0.05) is 6.20 Å². The highest BCUT2D eigenvalue weighted by molar-refractivity contribution is 5.49. The molecule has 1 heterocycles. The van der Waals surface area contributed by atoms with Crippen LogP contribution in [0, 0.1) is 58.2 Å². The van der Waals surface area contributed by atoms with E-state index in [9.17, 15) is 4.79 Å². The lowest BCUT2D eigenvalue weighted by Gasteiger charge is -2.66. The van der Waals surface area contributed by atoms with E-state index in [4.69, 9.17) is 6.42 Å². The number of terminal acetylenes is 1. The van der Waals surface area contributed by atoms with Crippen LogP contribution in [0.25, 0.3) is 0 Å². The van der Waals surface area contributed by atoms with E-state index in [1.807, 2.05) is 13.8 Å². The molecule has 1 aromatic heterocycles. The van der Waals surface area contributed by atoms with Crippen molar-refractivity contribution in [2.24, 2.45) is 45.8 Å². The Morgan fingerprint density at radius 1 is 1.00 bits per heavy atom. The molecule has 7 unspecified atom stereocenters. The van der Waals surface area contributed by atoms with Crippen molar-refractivity contribution in [2.75, 3.05) is 0 Å². The summed E-state index contributed by atoms with van der Waals surface area (Å²) in [5, 5.41) is 3.82. The molecule has 0 aromatic carbocycles. The van der Waals surface area contributed by atoms with Crippen LogP contribution in [-0.4, -0.2) is 16.1 Å². The van der Waals surface area contributed by atoms with Gasteiger partial charge in [0.25, 0.3) is 0 Å². The zero-order valence-corrected chi connectivity index (χ0v) is 28.6. The van der Waals surface area contributed by atoms with E-state index in [1.165, 1.54) is 68.9 Å². The fraction of sp³-hybridized carbons (Fsp3) is 0.842. The highest BCUT2D eigenvalue weighted by Crippen LogP contribution is 2.70. The van der Waals surface area contributed by atoms with Crippen LogP contribution in [0.2, 0.25) is 0 Å². The van der Waals surface area contributed by atoms with Crippen LogP contribution < -0.4 is 0 Å². The number of hydrogen-bond acceptors (Lipinski definition) is 2. The highest BCUT2D eigenvalue weighted by atomic mass is 16.1. The Hall–Kier alpha value is -1.56. The van der Waals surface area contributed by atoms with Crippen molar-refractivity contribution in [3.63, 3.8) is 0 Å². The lowest BCUT2D eigenvalue weighted by atomic mass is 9.39. The number of carbonyl (C=O) groups excluding carboxylic acids is 1. The van der Waals surface area contributed by atoms with Crippen molar-refractivity contribution in [3.05, 3.63) is 18.0 Å². The van der Waals surface area contributed by atoms with Crippen LogP contribution in [0.4, 0.5) is 0 Å². The van der Waals surface area contributed by atoms with E-state index >= 15 is 0 Å². The quantitative estimate of drug-likeness (QED) is 0.268. The van der Waals surface area contributed by atoms with Gasteiger partial charge in [-0.25, -0.2) is 0 Å². The van der Waals surface area contributed by atoms with Gasteiger partial charge in [0.2, 0.25) is 0 Å². The van der Waals surface area contributed by atoms with Crippen molar-refractivity contribution in [1.82, 2.24) is 9.78 Å². The molecule has 3 heteroatoms. The van der Waals surface area contributed by atoms with E-state index in [0.29, 0.717) is 21.8 Å². The first kappa shape index (κ1) is 35.6. The molecule has 0 aliphatic heterocycles. The Balaban J connectivity index is 0.000000305. The van der Waals surface area contributed by atoms with E-state index in [-0.39, 0.29) is 6.54 Å². The second-order valence-electron chi connectivity index (χ2n) is 14.5. The molecule has 4 aliphatic rings. The molecule has 0 amide bonds. The molecule has 0 N–H and O–H groups in total. The van der Waals surface area contributed by atoms with Gasteiger partial charge in [-0.05, 0) is 97.2 Å². The fourth-order valence-corrected chi connectivity index (χ4v) is 9.83. The zero-order chi connectivity index (χ0) is 30.7. The minimum atomic E-state index is 0.266. The van der Waals surface area contributed by atoms with Gasteiger partial charge >= 0.3 is 0 Å². The SMILES string of the molecule is C#Cc1cnn(CC=O)c1.CC.CC1CCCC2(C)C3CCC4(C)CCCCC4C3CCC2(C(C)C)C1.CCCC. The van der Waals surface area contributed by atoms with E-state index in [2.05, 4.69) is 59.5 Å². The molecule has 7 atom stereocenters. The number of rotatable bonds is 4. The first-order valence-electron chi connectivity index (χ1n) is 17.5. The molecule has 3 nitrogen and oxygen atoms in total. The molecule has 41 heavy (non-hydrogen) atoms. The summed E-state index contributed by atoms with van der Waals surface area (Å²) in [6.45, 7) is 21.8. The van der Waals surface area contributed by atoms with Gasteiger partial charge in [0.15, 0.2) is 0 Å². The monoisotopic (exact) mass is 567 g/mol. The normalized spacial score (nSPS) is 35.6. The molecular formula is C38H66N2O. The molecule has 5 rings (SSSR count). The first-order chi connectivity index (χ1) is 19.6. The van der Waals surface area contributed by atoms with Crippen molar-refractivity contribution < 1.29 is 4.79 Å². The van der Waals surface area contributed by atoms with Crippen LogP contribution in [0.15, 0.2) is 12.4 Å². The van der Waals surface area contributed by atoms with Crippen molar-refractivity contribution in [1.29, 1.82) is 0 Å². The van der Waals surface area contributed by atoms with Crippen LogP contribution in [0.1, 0.15) is 158 Å². The standard InChI is InChI=1S/C25H44.C7H6N2O.C4H10.C2H6/c1-18(2)25-16-11-20-21-10-6-7-13-23(21,4)15-12-22(20)24(25,5)14-8-9-19(3)17-25;1-2-7-5-8-9(6-7)3-4-10;1-3-4-2;1-2/h18-22H,6-17H2,1-5H3;1,4-6H,3H2;3-4H2,1-2H3;1-2H3. The third-order valence-corrected chi connectivity index (χ3v) is 12.1. The van der Waals surface area contributed by atoms with Gasteiger partial charge in [-0.1, -0.05) is 107 Å². The van der Waals surface area contributed by atoms with Crippen molar-refractivity contribution >= 4 is 6.29 Å². The Morgan fingerprint density at radius 3 is 2.29 bits per heavy atom. The topological polar surface area (TPSA) is 34.9 Å². The van der Waals surface area contributed by atoms with Crippen LogP contribution >= 0.6 is 0 Å². The van der Waals surface area contributed by atoms with Gasteiger partial charge in [-0.3, -0.25) is 4.68 Å². The smallest absolute Gasteiger partial charge is 0.141 e. The highest BCUT2D eigenvalue weighted by Gasteiger charge is 2.62. The Labute approximate surface area is 255 Å². The van der Waals surface area contributed by atoms with E-state index in [1.54, 1.807) is 38.1 Å². The number of fused-ring (bicyclic) bond motifs is 5. The number of hydrogen-bond donors (Lipinski definition) is 0. The van der Waals surface area contributed by atoms with Gasteiger partial charge < -0.3 is 4.79 Å². The largest absolute Gasteiger partial charge is 0.301 e. The molecule has 4 aliphatic carbocycles. The molecule has 0 saturated heterocycles. The lowest BCUT2D eigenvalue weighted by Crippen LogP contribution is -2.58. The second-order valence-corrected chi connectivity index (χ2v) is 14.5. The number of unbranched alkanes of at least 4 members (excludes halogenated alkanes) is 1. The second kappa shape index (κ2) is 16.3. The number of carbonyl (C=O) groups is 1. The molecule has 0 radical (unpaired) electrons. The number of aldehydes is 1. The summed E-state index contributed by atoms with van der Waals surface area (Å²) < 4.78 is 1.49. The van der Waals surface area contributed by atoms with Crippen LogP contribution in [0.5, 0.6) is 0 Å². The van der Waals surface area contributed by atoms with Crippen LogP contribution in [-0.2, 0) is 11.3 Å². The zero-order valence-electron chi connectivity index (χ0n) is 28.6. The predicted octanol–water partition coefficient (Wildman–Crippen LogP) is 10.8. The maximum Gasteiger partial charge on any atom is 0.141 e. The third-order valence-electron chi connectivity index (χ3n) is 12.1. The molecule has 0 bridgehead atoms. The van der Waals surface area contributed by atoms with Gasteiger partial charge in [-0.2, -0.15) is 5.10 Å². The minimum absolute atomic E-state index is 0.266. The summed E-state index contributed by atoms with van der Waals surface area (Å²) in [6, 6.07) is 0. The summed E-state index contributed by atoms with van der Waals surface area (Å²) in [5.41, 5.74) is 2.65. The average molecular weight is 567 g/mol. The summed E-state index contributed by atoms with van der Waals surface area (Å²) in [4.78, 5) is 9.96. The fourth-order valence-electron chi connectivity index (χ4n) is 9.83. The number of aromatic nitrogens is 2. The third kappa shape index (κ3) is 7.89. The Morgan fingerprint density at radius 2 is 1.71 bits per heavy atom. The van der Waals surface area contributed by atoms with Gasteiger partial charge in [0.1, 0.15) is 6.29 Å². The van der Waals surface area contributed by atoms with Crippen LogP contribution in [0.3, 0.4) is 0 Å².